The zero-order chi connectivity index (χ0) is 15.6. The predicted molar refractivity (Wildman–Crippen MR) is 90.2 cm³/mol. The average Bonchev–Trinajstić information content (AvgIpc) is 3.15. The largest absolute Gasteiger partial charge is 0.379 e. The third-order valence-electron chi connectivity index (χ3n) is 3.86. The van der Waals surface area contributed by atoms with Gasteiger partial charge in [0.2, 0.25) is 5.96 Å². The molecule has 2 aliphatic heterocycles. The van der Waals surface area contributed by atoms with E-state index in [-0.39, 0.29) is 11.9 Å². The molecule has 0 bridgehead atoms. The highest BCUT2D eigenvalue weighted by Crippen LogP contribution is 2.21. The van der Waals surface area contributed by atoms with Gasteiger partial charge in [-0.25, -0.2) is 9.98 Å². The zero-order valence-electron chi connectivity index (χ0n) is 12.4. The molecular formula is C16H16N4O2S. The molecule has 1 atom stereocenters. The molecule has 23 heavy (non-hydrogen) atoms. The van der Waals surface area contributed by atoms with Crippen molar-refractivity contribution in [1.29, 1.82) is 0 Å². The van der Waals surface area contributed by atoms with Gasteiger partial charge in [0.05, 0.1) is 28.4 Å². The van der Waals surface area contributed by atoms with Crippen molar-refractivity contribution in [2.75, 3.05) is 13.2 Å². The number of nitrogens with zero attached hydrogens (tertiary/aromatic N) is 2. The van der Waals surface area contributed by atoms with Gasteiger partial charge in [0.15, 0.2) is 0 Å². The predicted octanol–water partition coefficient (Wildman–Crippen LogP) is 1.89. The van der Waals surface area contributed by atoms with Crippen LogP contribution in [0.3, 0.4) is 0 Å². The van der Waals surface area contributed by atoms with Gasteiger partial charge in [-0.15, -0.1) is 11.3 Å². The lowest BCUT2D eigenvalue weighted by molar-refractivity contribution is -0.115. The Labute approximate surface area is 137 Å². The highest BCUT2D eigenvalue weighted by atomic mass is 32.1. The van der Waals surface area contributed by atoms with Crippen molar-refractivity contribution in [3.05, 3.63) is 35.0 Å². The number of thiazole rings is 1. The molecule has 1 fully saturated rings. The molecule has 0 saturated carbocycles. The zero-order valence-corrected chi connectivity index (χ0v) is 13.2. The van der Waals surface area contributed by atoms with Crippen molar-refractivity contribution in [2.24, 2.45) is 4.99 Å². The lowest BCUT2D eigenvalue weighted by atomic mass is 10.1. The second-order valence-corrected chi connectivity index (χ2v) is 6.47. The molecule has 1 amide bonds. The van der Waals surface area contributed by atoms with Crippen LogP contribution in [0.25, 0.3) is 16.3 Å². The number of benzene rings is 1. The number of fused-ring (bicyclic) bond motifs is 1. The number of guanidine groups is 1. The molecule has 4 rings (SSSR count). The van der Waals surface area contributed by atoms with Crippen molar-refractivity contribution in [3.8, 4) is 0 Å². The smallest absolute Gasteiger partial charge is 0.276 e. The van der Waals surface area contributed by atoms with Crippen LogP contribution in [-0.2, 0) is 9.53 Å². The molecule has 2 aromatic rings. The summed E-state index contributed by atoms with van der Waals surface area (Å²) in [7, 11) is 0. The van der Waals surface area contributed by atoms with Crippen LogP contribution in [-0.4, -0.2) is 36.1 Å². The van der Waals surface area contributed by atoms with Crippen molar-refractivity contribution in [3.63, 3.8) is 0 Å². The number of ether oxygens (including phenoxy) is 1. The first-order chi connectivity index (χ1) is 11.3. The van der Waals surface area contributed by atoms with Crippen molar-refractivity contribution in [2.45, 2.75) is 18.9 Å². The number of rotatable bonds is 2. The van der Waals surface area contributed by atoms with E-state index in [0.29, 0.717) is 18.3 Å². The van der Waals surface area contributed by atoms with Gasteiger partial charge in [-0.1, -0.05) is 6.07 Å². The normalized spacial score (nSPS) is 23.1. The summed E-state index contributed by atoms with van der Waals surface area (Å²) >= 11 is 1.58. The fourth-order valence-electron chi connectivity index (χ4n) is 2.70. The molecular weight excluding hydrogens is 312 g/mol. The standard InChI is InChI=1S/C16H16N4O2S/c21-15-13(6-10-3-4-12-14(7-10)23-9-17-12)19-16(20-15)18-11-2-1-5-22-8-11/h3-4,6-7,9,11H,1-2,5,8H2,(H2,18,19,20,21)/b13-6-/t11-/m1/s1. The topological polar surface area (TPSA) is 75.6 Å². The van der Waals surface area contributed by atoms with Crippen molar-refractivity contribution in [1.82, 2.24) is 15.6 Å². The number of aliphatic imine (C=N–C) groups is 1. The fourth-order valence-corrected chi connectivity index (χ4v) is 3.43. The van der Waals surface area contributed by atoms with Crippen LogP contribution in [0.15, 0.2) is 34.4 Å². The molecule has 0 unspecified atom stereocenters. The molecule has 0 radical (unpaired) electrons. The second-order valence-electron chi connectivity index (χ2n) is 5.58. The number of carbonyl (C=O) groups excluding carboxylic acids is 1. The van der Waals surface area contributed by atoms with Gasteiger partial charge in [-0.3, -0.25) is 10.1 Å². The number of amides is 1. The van der Waals surface area contributed by atoms with Crippen LogP contribution in [0.1, 0.15) is 18.4 Å². The first kappa shape index (κ1) is 14.3. The fraction of sp³-hybridized carbons (Fsp3) is 0.312. The van der Waals surface area contributed by atoms with Crippen molar-refractivity contribution < 1.29 is 9.53 Å². The van der Waals surface area contributed by atoms with Crippen LogP contribution >= 0.6 is 11.3 Å². The Morgan fingerprint density at radius 1 is 1.43 bits per heavy atom. The molecule has 2 N–H and O–H groups in total. The van der Waals surface area contributed by atoms with E-state index >= 15 is 0 Å². The van der Waals surface area contributed by atoms with Crippen LogP contribution in [0.4, 0.5) is 0 Å². The van der Waals surface area contributed by atoms with E-state index in [1.807, 2.05) is 23.7 Å². The number of carbonyl (C=O) groups is 1. The summed E-state index contributed by atoms with van der Waals surface area (Å²) < 4.78 is 6.52. The van der Waals surface area contributed by atoms with Crippen LogP contribution in [0.5, 0.6) is 0 Å². The van der Waals surface area contributed by atoms with Gasteiger partial charge in [-0.2, -0.15) is 0 Å². The highest BCUT2D eigenvalue weighted by Gasteiger charge is 2.23. The van der Waals surface area contributed by atoms with E-state index in [2.05, 4.69) is 20.6 Å². The lowest BCUT2D eigenvalue weighted by Crippen LogP contribution is -2.45. The van der Waals surface area contributed by atoms with E-state index in [4.69, 9.17) is 4.74 Å². The summed E-state index contributed by atoms with van der Waals surface area (Å²) in [5, 5.41) is 6.00. The molecule has 0 spiro atoms. The summed E-state index contributed by atoms with van der Waals surface area (Å²) in [4.78, 5) is 20.7. The summed E-state index contributed by atoms with van der Waals surface area (Å²) in [6.07, 6.45) is 3.84. The SMILES string of the molecule is O=C1NC(N[C@@H]2CCCOC2)=N/C1=C\c1ccc2ncsc2c1. The maximum absolute atomic E-state index is 12.1. The Hall–Kier alpha value is -2.25. The van der Waals surface area contributed by atoms with Crippen LogP contribution in [0.2, 0.25) is 0 Å². The third kappa shape index (κ3) is 3.11. The maximum atomic E-state index is 12.1. The number of nitrogens with one attached hydrogen (secondary N) is 2. The molecule has 0 aliphatic carbocycles. The molecule has 6 nitrogen and oxygen atoms in total. The van der Waals surface area contributed by atoms with Gasteiger partial charge in [-0.05, 0) is 36.6 Å². The first-order valence-corrected chi connectivity index (χ1v) is 8.45. The number of hydrogen-bond acceptors (Lipinski definition) is 6. The molecule has 1 aromatic carbocycles. The Balaban J connectivity index is 1.53. The van der Waals surface area contributed by atoms with Crippen LogP contribution < -0.4 is 10.6 Å². The number of hydrogen-bond donors (Lipinski definition) is 2. The maximum Gasteiger partial charge on any atom is 0.276 e. The summed E-state index contributed by atoms with van der Waals surface area (Å²) in [6.45, 7) is 1.46. The molecule has 7 heteroatoms. The van der Waals surface area contributed by atoms with E-state index in [9.17, 15) is 4.79 Å². The van der Waals surface area contributed by atoms with Crippen LogP contribution in [0, 0.1) is 0 Å². The van der Waals surface area contributed by atoms with E-state index < -0.39 is 0 Å². The number of aromatic nitrogens is 1. The molecule has 1 saturated heterocycles. The second kappa shape index (κ2) is 6.10. The van der Waals surface area contributed by atoms with E-state index in [1.165, 1.54) is 0 Å². The summed E-state index contributed by atoms with van der Waals surface area (Å²) in [5.74, 6) is 0.323. The minimum absolute atomic E-state index is 0.186. The molecule has 3 heterocycles. The quantitative estimate of drug-likeness (QED) is 0.826. The lowest BCUT2D eigenvalue weighted by Gasteiger charge is -2.23. The Morgan fingerprint density at radius 3 is 3.26 bits per heavy atom. The van der Waals surface area contributed by atoms with E-state index in [0.717, 1.165) is 35.2 Å². The van der Waals surface area contributed by atoms with Gasteiger partial charge < -0.3 is 10.1 Å². The Bertz CT molecular complexity index is 805. The monoisotopic (exact) mass is 328 g/mol. The van der Waals surface area contributed by atoms with Gasteiger partial charge in [0, 0.05) is 6.61 Å². The summed E-state index contributed by atoms with van der Waals surface area (Å²) in [6, 6.07) is 6.12. The van der Waals surface area contributed by atoms with Gasteiger partial charge >= 0.3 is 0 Å². The van der Waals surface area contributed by atoms with Crippen molar-refractivity contribution >= 4 is 39.5 Å². The van der Waals surface area contributed by atoms with Gasteiger partial charge in [0.25, 0.3) is 5.91 Å². The summed E-state index contributed by atoms with van der Waals surface area (Å²) in [5.41, 5.74) is 4.14. The first-order valence-electron chi connectivity index (χ1n) is 7.57. The Morgan fingerprint density at radius 2 is 2.39 bits per heavy atom. The van der Waals surface area contributed by atoms with E-state index in [1.54, 1.807) is 17.4 Å². The minimum atomic E-state index is -0.186. The minimum Gasteiger partial charge on any atom is -0.379 e. The molecule has 1 aromatic heterocycles. The average molecular weight is 328 g/mol. The molecule has 118 valence electrons. The molecule has 2 aliphatic rings. The highest BCUT2D eigenvalue weighted by molar-refractivity contribution is 7.16. The Kier molecular flexibility index (Phi) is 3.80. The van der Waals surface area contributed by atoms with Gasteiger partial charge in [0.1, 0.15) is 5.70 Å². The third-order valence-corrected chi connectivity index (χ3v) is 4.65.